The quantitative estimate of drug-likeness (QED) is 0.698. The van der Waals surface area contributed by atoms with E-state index >= 15 is 0 Å². The van der Waals surface area contributed by atoms with Gasteiger partial charge in [-0.2, -0.15) is 5.10 Å². The third kappa shape index (κ3) is 2.11. The molecule has 0 aromatic carbocycles. The molecule has 2 heteroatoms. The van der Waals surface area contributed by atoms with Crippen LogP contribution in [0, 0.1) is 0 Å². The zero-order valence-corrected chi connectivity index (χ0v) is 9.33. The van der Waals surface area contributed by atoms with E-state index in [0.29, 0.717) is 12.0 Å². The Hall–Kier alpha value is -0.790. The summed E-state index contributed by atoms with van der Waals surface area (Å²) >= 11 is 0. The van der Waals surface area contributed by atoms with Gasteiger partial charge in [0.25, 0.3) is 0 Å². The molecular formula is C11H20N2. The van der Waals surface area contributed by atoms with E-state index in [9.17, 15) is 0 Å². The first-order chi connectivity index (χ1) is 6.06. The van der Waals surface area contributed by atoms with Gasteiger partial charge in [-0.05, 0) is 31.7 Å². The third-order valence-electron chi connectivity index (χ3n) is 2.33. The Bertz CT molecular complexity index is 272. The lowest BCUT2D eigenvalue weighted by molar-refractivity contribution is 0.526. The second-order valence-corrected chi connectivity index (χ2v) is 4.11. The van der Waals surface area contributed by atoms with Crippen LogP contribution in [-0.2, 0) is 6.42 Å². The van der Waals surface area contributed by atoms with Crippen molar-refractivity contribution in [1.29, 1.82) is 0 Å². The highest BCUT2D eigenvalue weighted by molar-refractivity contribution is 5.20. The van der Waals surface area contributed by atoms with Crippen molar-refractivity contribution in [2.45, 2.75) is 53.0 Å². The molecular weight excluding hydrogens is 160 g/mol. The molecule has 0 saturated heterocycles. The zero-order chi connectivity index (χ0) is 10.0. The van der Waals surface area contributed by atoms with Crippen LogP contribution in [0.2, 0.25) is 0 Å². The molecule has 13 heavy (non-hydrogen) atoms. The molecule has 0 fully saturated rings. The van der Waals surface area contributed by atoms with Crippen LogP contribution < -0.4 is 0 Å². The normalized spacial score (nSPS) is 11.6. The Balaban J connectivity index is 3.04. The number of hydrogen-bond donors (Lipinski definition) is 0. The predicted molar refractivity (Wildman–Crippen MR) is 56.1 cm³/mol. The highest BCUT2D eigenvalue weighted by Gasteiger charge is 2.11. The largest absolute Gasteiger partial charge is 0.270 e. The van der Waals surface area contributed by atoms with Gasteiger partial charge in [0, 0.05) is 12.2 Å². The summed E-state index contributed by atoms with van der Waals surface area (Å²) in [5, 5.41) is 4.57. The van der Waals surface area contributed by atoms with Crippen LogP contribution in [0.4, 0.5) is 0 Å². The summed E-state index contributed by atoms with van der Waals surface area (Å²) in [6, 6.07) is 0.470. The van der Waals surface area contributed by atoms with Crippen LogP contribution in [0.3, 0.4) is 0 Å². The number of nitrogens with zero attached hydrogens (tertiary/aromatic N) is 2. The van der Waals surface area contributed by atoms with E-state index in [-0.39, 0.29) is 0 Å². The van der Waals surface area contributed by atoms with Crippen LogP contribution >= 0.6 is 0 Å². The van der Waals surface area contributed by atoms with Gasteiger partial charge >= 0.3 is 0 Å². The first kappa shape index (κ1) is 10.3. The van der Waals surface area contributed by atoms with Crippen LogP contribution in [0.1, 0.15) is 57.8 Å². The molecule has 2 nitrogen and oxygen atoms in total. The lowest BCUT2D eigenvalue weighted by atomic mass is 10.0. The summed E-state index contributed by atoms with van der Waals surface area (Å²) in [6.07, 6.45) is 3.22. The fourth-order valence-electron chi connectivity index (χ4n) is 1.46. The van der Waals surface area contributed by atoms with Crippen molar-refractivity contribution in [3.8, 4) is 0 Å². The van der Waals surface area contributed by atoms with Crippen LogP contribution in [0.15, 0.2) is 6.20 Å². The van der Waals surface area contributed by atoms with E-state index < -0.39 is 0 Å². The number of aromatic nitrogens is 2. The Morgan fingerprint density at radius 2 is 1.92 bits per heavy atom. The summed E-state index contributed by atoms with van der Waals surface area (Å²) in [5.74, 6) is 0.586. The molecule has 0 N–H and O–H groups in total. The average molecular weight is 180 g/mol. The van der Waals surface area contributed by atoms with E-state index in [2.05, 4.69) is 50.6 Å². The minimum Gasteiger partial charge on any atom is -0.270 e. The maximum Gasteiger partial charge on any atom is 0.0656 e. The van der Waals surface area contributed by atoms with Crippen LogP contribution in [0.5, 0.6) is 0 Å². The van der Waals surface area contributed by atoms with E-state index in [0.717, 1.165) is 6.42 Å². The molecule has 0 aliphatic rings. The average Bonchev–Trinajstić information content (AvgIpc) is 2.47. The summed E-state index contributed by atoms with van der Waals surface area (Å²) < 4.78 is 2.06. The first-order valence-corrected chi connectivity index (χ1v) is 5.14. The minimum absolute atomic E-state index is 0.470. The Labute approximate surface area is 81.0 Å². The van der Waals surface area contributed by atoms with Crippen molar-refractivity contribution in [3.63, 3.8) is 0 Å². The molecule has 0 unspecified atom stereocenters. The van der Waals surface area contributed by atoms with E-state index in [4.69, 9.17) is 0 Å². The topological polar surface area (TPSA) is 17.8 Å². The van der Waals surface area contributed by atoms with Crippen molar-refractivity contribution in [3.05, 3.63) is 17.5 Å². The zero-order valence-electron chi connectivity index (χ0n) is 9.33. The van der Waals surface area contributed by atoms with Gasteiger partial charge in [-0.25, -0.2) is 0 Å². The fraction of sp³-hybridized carbons (Fsp3) is 0.727. The molecule has 0 aliphatic heterocycles. The van der Waals surface area contributed by atoms with Crippen LogP contribution in [-0.4, -0.2) is 9.78 Å². The van der Waals surface area contributed by atoms with Crippen LogP contribution in [0.25, 0.3) is 0 Å². The molecule has 0 aliphatic carbocycles. The molecule has 0 radical (unpaired) electrons. The van der Waals surface area contributed by atoms with Gasteiger partial charge in [-0.3, -0.25) is 4.68 Å². The van der Waals surface area contributed by atoms with Crippen molar-refractivity contribution in [2.24, 2.45) is 0 Å². The van der Waals surface area contributed by atoms with Gasteiger partial charge < -0.3 is 0 Å². The SMILES string of the molecule is CCc1nn(C(C)C)cc1C(C)C. The van der Waals surface area contributed by atoms with Gasteiger partial charge in [0.1, 0.15) is 0 Å². The molecule has 74 valence electrons. The van der Waals surface area contributed by atoms with Crippen molar-refractivity contribution in [1.82, 2.24) is 9.78 Å². The molecule has 1 aromatic rings. The van der Waals surface area contributed by atoms with Gasteiger partial charge in [0.05, 0.1) is 5.69 Å². The van der Waals surface area contributed by atoms with Crippen molar-refractivity contribution >= 4 is 0 Å². The summed E-state index contributed by atoms with van der Waals surface area (Å²) in [7, 11) is 0. The maximum atomic E-state index is 4.57. The molecule has 1 heterocycles. The molecule has 0 bridgehead atoms. The van der Waals surface area contributed by atoms with E-state index in [1.165, 1.54) is 11.3 Å². The predicted octanol–water partition coefficient (Wildman–Crippen LogP) is 3.15. The molecule has 0 spiro atoms. The second-order valence-electron chi connectivity index (χ2n) is 4.11. The number of aryl methyl sites for hydroxylation is 1. The Morgan fingerprint density at radius 3 is 2.23 bits per heavy atom. The molecule has 0 amide bonds. The van der Waals surface area contributed by atoms with E-state index in [1.807, 2.05) is 0 Å². The first-order valence-electron chi connectivity index (χ1n) is 5.14. The fourth-order valence-corrected chi connectivity index (χ4v) is 1.46. The van der Waals surface area contributed by atoms with Gasteiger partial charge in [-0.1, -0.05) is 20.8 Å². The number of rotatable bonds is 3. The maximum absolute atomic E-state index is 4.57. The van der Waals surface area contributed by atoms with Crippen molar-refractivity contribution in [2.75, 3.05) is 0 Å². The second kappa shape index (κ2) is 3.95. The van der Waals surface area contributed by atoms with Gasteiger partial charge in [0.2, 0.25) is 0 Å². The highest BCUT2D eigenvalue weighted by atomic mass is 15.3. The number of hydrogen-bond acceptors (Lipinski definition) is 1. The van der Waals surface area contributed by atoms with Gasteiger partial charge in [-0.15, -0.1) is 0 Å². The minimum atomic E-state index is 0.470. The monoisotopic (exact) mass is 180 g/mol. The summed E-state index contributed by atoms with van der Waals surface area (Å²) in [6.45, 7) is 10.9. The standard InChI is InChI=1S/C11H20N2/c1-6-11-10(8(2)3)7-13(12-11)9(4)5/h7-9H,6H2,1-5H3. The molecule has 1 rings (SSSR count). The Morgan fingerprint density at radius 1 is 1.31 bits per heavy atom. The molecule has 0 atom stereocenters. The molecule has 1 aromatic heterocycles. The van der Waals surface area contributed by atoms with Gasteiger partial charge in [0.15, 0.2) is 0 Å². The third-order valence-corrected chi connectivity index (χ3v) is 2.33. The summed E-state index contributed by atoms with van der Waals surface area (Å²) in [4.78, 5) is 0. The van der Waals surface area contributed by atoms with Crippen molar-refractivity contribution < 1.29 is 0 Å². The Kier molecular flexibility index (Phi) is 3.12. The highest BCUT2D eigenvalue weighted by Crippen LogP contribution is 2.20. The molecule has 0 saturated carbocycles. The lowest BCUT2D eigenvalue weighted by Gasteiger charge is -2.03. The smallest absolute Gasteiger partial charge is 0.0656 e. The van der Waals surface area contributed by atoms with E-state index in [1.54, 1.807) is 0 Å². The lowest BCUT2D eigenvalue weighted by Crippen LogP contribution is -2.01. The summed E-state index contributed by atoms with van der Waals surface area (Å²) in [5.41, 5.74) is 2.65.